The summed E-state index contributed by atoms with van der Waals surface area (Å²) in [5.74, 6) is 1.01. The normalized spacial score (nSPS) is 17.3. The van der Waals surface area contributed by atoms with Crippen molar-refractivity contribution in [3.63, 3.8) is 0 Å². The van der Waals surface area contributed by atoms with Gasteiger partial charge in [-0.05, 0) is 57.4 Å². The van der Waals surface area contributed by atoms with Crippen LogP contribution in [0.2, 0.25) is 0 Å². The van der Waals surface area contributed by atoms with Crippen LogP contribution in [0.25, 0.3) is 0 Å². The molecule has 1 fully saturated rings. The van der Waals surface area contributed by atoms with Crippen molar-refractivity contribution in [2.75, 3.05) is 6.54 Å². The Hall–Kier alpha value is -2.83. The minimum atomic E-state index is -0.472. The van der Waals surface area contributed by atoms with Crippen molar-refractivity contribution in [3.8, 4) is 5.75 Å². The number of aryl methyl sites for hydroxylation is 2. The highest BCUT2D eigenvalue weighted by molar-refractivity contribution is 5.97. The molecule has 0 spiro atoms. The third-order valence-electron chi connectivity index (χ3n) is 4.52. The van der Waals surface area contributed by atoms with Gasteiger partial charge >= 0.3 is 0 Å². The van der Waals surface area contributed by atoms with Crippen molar-refractivity contribution in [3.05, 3.63) is 46.8 Å². The van der Waals surface area contributed by atoms with Gasteiger partial charge in [0.15, 0.2) is 0 Å². The number of amides is 2. The number of carbonyl (C=O) groups excluding carboxylic acids is 2. The lowest BCUT2D eigenvalue weighted by atomic mass is 10.1. The van der Waals surface area contributed by atoms with Crippen molar-refractivity contribution < 1.29 is 18.8 Å². The molecular formula is C19H23N3O4. The maximum Gasteiger partial charge on any atom is 0.251 e. The van der Waals surface area contributed by atoms with Crippen LogP contribution in [0.5, 0.6) is 5.75 Å². The summed E-state index contributed by atoms with van der Waals surface area (Å²) in [5, 5.41) is 9.51. The highest BCUT2D eigenvalue weighted by Gasteiger charge is 2.22. The van der Waals surface area contributed by atoms with E-state index in [0.29, 0.717) is 30.9 Å². The van der Waals surface area contributed by atoms with Gasteiger partial charge in [0.2, 0.25) is 5.91 Å². The smallest absolute Gasteiger partial charge is 0.251 e. The molecule has 2 N–H and O–H groups in total. The van der Waals surface area contributed by atoms with E-state index in [1.165, 1.54) is 0 Å². The summed E-state index contributed by atoms with van der Waals surface area (Å²) >= 11 is 0. The van der Waals surface area contributed by atoms with Gasteiger partial charge in [-0.2, -0.15) is 0 Å². The van der Waals surface area contributed by atoms with Gasteiger partial charge < -0.3 is 19.9 Å². The van der Waals surface area contributed by atoms with Crippen LogP contribution in [0.1, 0.15) is 46.6 Å². The molecule has 2 aromatic rings. The van der Waals surface area contributed by atoms with E-state index < -0.39 is 6.04 Å². The topological polar surface area (TPSA) is 93.5 Å². The summed E-state index contributed by atoms with van der Waals surface area (Å²) in [5.41, 5.74) is 2.22. The molecule has 1 saturated heterocycles. The Morgan fingerprint density at radius 2 is 2.08 bits per heavy atom. The first-order valence-corrected chi connectivity index (χ1v) is 8.78. The second-order valence-electron chi connectivity index (χ2n) is 6.43. The maximum atomic E-state index is 12.4. The number of ether oxygens (including phenoxy) is 1. The first-order valence-electron chi connectivity index (χ1n) is 8.78. The predicted octanol–water partition coefficient (Wildman–Crippen LogP) is 2.27. The lowest BCUT2D eigenvalue weighted by Gasteiger charge is -2.15. The fourth-order valence-corrected chi connectivity index (χ4v) is 2.88. The Labute approximate surface area is 152 Å². The van der Waals surface area contributed by atoms with Gasteiger partial charge in [-0.3, -0.25) is 9.59 Å². The molecule has 1 aliphatic heterocycles. The molecule has 1 aromatic heterocycles. The molecule has 3 rings (SSSR count). The van der Waals surface area contributed by atoms with Gasteiger partial charge in [0.1, 0.15) is 24.2 Å². The van der Waals surface area contributed by atoms with Gasteiger partial charge in [-0.15, -0.1) is 0 Å². The van der Waals surface area contributed by atoms with E-state index in [0.717, 1.165) is 29.9 Å². The van der Waals surface area contributed by atoms with Crippen LogP contribution in [0.3, 0.4) is 0 Å². The molecular weight excluding hydrogens is 334 g/mol. The molecule has 2 amide bonds. The number of nitrogens with zero attached hydrogens (tertiary/aromatic N) is 1. The van der Waals surface area contributed by atoms with Crippen LogP contribution in [0, 0.1) is 13.8 Å². The first kappa shape index (κ1) is 18.0. The minimum Gasteiger partial charge on any atom is -0.489 e. The van der Waals surface area contributed by atoms with E-state index >= 15 is 0 Å². The van der Waals surface area contributed by atoms with Crippen LogP contribution in [-0.2, 0) is 11.4 Å². The van der Waals surface area contributed by atoms with Gasteiger partial charge in [0, 0.05) is 12.1 Å². The highest BCUT2D eigenvalue weighted by Crippen LogP contribution is 2.18. The van der Waals surface area contributed by atoms with Crippen molar-refractivity contribution in [2.24, 2.45) is 0 Å². The number of rotatable bonds is 5. The van der Waals surface area contributed by atoms with Gasteiger partial charge in [0.05, 0.1) is 11.3 Å². The average Bonchev–Trinajstić information content (AvgIpc) is 2.82. The molecule has 1 atom stereocenters. The molecule has 1 unspecified atom stereocenters. The molecule has 1 aromatic carbocycles. The summed E-state index contributed by atoms with van der Waals surface area (Å²) in [6.45, 7) is 4.74. The van der Waals surface area contributed by atoms with Crippen molar-refractivity contribution in [1.29, 1.82) is 0 Å². The molecule has 2 heterocycles. The van der Waals surface area contributed by atoms with Crippen LogP contribution in [0.15, 0.2) is 28.8 Å². The number of benzene rings is 1. The molecule has 7 heteroatoms. The second kappa shape index (κ2) is 8.03. The standard InChI is InChI=1S/C19H23N3O4/c1-12-16(13(2)26-22-12)11-25-15-8-6-14(7-9-15)18(23)21-17-5-3-4-10-20-19(17)24/h6-9,17H,3-5,10-11H2,1-2H3,(H,20,24)(H,21,23). The number of hydrogen-bond acceptors (Lipinski definition) is 5. The number of carbonyl (C=O) groups is 2. The van der Waals surface area contributed by atoms with E-state index in [-0.39, 0.29) is 11.8 Å². The zero-order valence-corrected chi connectivity index (χ0v) is 15.0. The summed E-state index contributed by atoms with van der Waals surface area (Å²) < 4.78 is 10.8. The fraction of sp³-hybridized carbons (Fsp3) is 0.421. The van der Waals surface area contributed by atoms with Gasteiger partial charge in [0.25, 0.3) is 5.91 Å². The SMILES string of the molecule is Cc1noc(C)c1COc1ccc(C(=O)NC2CCCCNC2=O)cc1. The highest BCUT2D eigenvalue weighted by atomic mass is 16.5. The number of hydrogen-bond donors (Lipinski definition) is 2. The summed E-state index contributed by atoms with van der Waals surface area (Å²) in [4.78, 5) is 24.3. The number of aromatic nitrogens is 1. The molecule has 0 radical (unpaired) electrons. The van der Waals surface area contributed by atoms with E-state index in [9.17, 15) is 9.59 Å². The Morgan fingerprint density at radius 1 is 1.31 bits per heavy atom. The van der Waals surface area contributed by atoms with Crippen molar-refractivity contribution in [2.45, 2.75) is 45.8 Å². The molecule has 138 valence electrons. The zero-order chi connectivity index (χ0) is 18.5. The maximum absolute atomic E-state index is 12.4. The summed E-state index contributed by atoms with van der Waals surface area (Å²) in [7, 11) is 0. The van der Waals surface area contributed by atoms with Crippen LogP contribution in [-0.4, -0.2) is 29.6 Å². The molecule has 0 aliphatic carbocycles. The van der Waals surface area contributed by atoms with E-state index in [4.69, 9.17) is 9.26 Å². The van der Waals surface area contributed by atoms with Gasteiger partial charge in [-0.1, -0.05) is 5.16 Å². The summed E-state index contributed by atoms with van der Waals surface area (Å²) in [6.07, 6.45) is 2.52. The van der Waals surface area contributed by atoms with E-state index in [1.54, 1.807) is 24.3 Å². The number of nitrogens with one attached hydrogen (secondary N) is 2. The third kappa shape index (κ3) is 4.22. The van der Waals surface area contributed by atoms with Crippen LogP contribution >= 0.6 is 0 Å². The molecule has 26 heavy (non-hydrogen) atoms. The third-order valence-corrected chi connectivity index (χ3v) is 4.52. The van der Waals surface area contributed by atoms with Gasteiger partial charge in [-0.25, -0.2) is 0 Å². The average molecular weight is 357 g/mol. The van der Waals surface area contributed by atoms with Crippen LogP contribution < -0.4 is 15.4 Å². The fourth-order valence-electron chi connectivity index (χ4n) is 2.88. The molecule has 0 saturated carbocycles. The Balaban J connectivity index is 1.58. The van der Waals surface area contributed by atoms with Crippen molar-refractivity contribution in [1.82, 2.24) is 15.8 Å². The Bertz CT molecular complexity index is 763. The monoisotopic (exact) mass is 357 g/mol. The second-order valence-corrected chi connectivity index (χ2v) is 6.43. The molecule has 1 aliphatic rings. The van der Waals surface area contributed by atoms with E-state index in [2.05, 4.69) is 15.8 Å². The first-order chi connectivity index (χ1) is 12.5. The van der Waals surface area contributed by atoms with E-state index in [1.807, 2.05) is 13.8 Å². The lowest BCUT2D eigenvalue weighted by Crippen LogP contribution is -2.45. The molecule has 0 bridgehead atoms. The van der Waals surface area contributed by atoms with Crippen LogP contribution in [0.4, 0.5) is 0 Å². The Kier molecular flexibility index (Phi) is 5.55. The summed E-state index contributed by atoms with van der Waals surface area (Å²) in [6, 6.07) is 6.38. The Morgan fingerprint density at radius 3 is 2.77 bits per heavy atom. The minimum absolute atomic E-state index is 0.115. The largest absolute Gasteiger partial charge is 0.489 e. The van der Waals surface area contributed by atoms with Crippen molar-refractivity contribution >= 4 is 11.8 Å². The lowest BCUT2D eigenvalue weighted by molar-refractivity contribution is -0.122. The quantitative estimate of drug-likeness (QED) is 0.856. The molecule has 7 nitrogen and oxygen atoms in total. The predicted molar refractivity (Wildman–Crippen MR) is 94.9 cm³/mol. The zero-order valence-electron chi connectivity index (χ0n) is 15.0.